The highest BCUT2D eigenvalue weighted by atomic mass is 35.5. The summed E-state index contributed by atoms with van der Waals surface area (Å²) in [6, 6.07) is 5.17. The lowest BCUT2D eigenvalue weighted by Crippen LogP contribution is -2.14. The summed E-state index contributed by atoms with van der Waals surface area (Å²) in [5.41, 5.74) is 1.31. The summed E-state index contributed by atoms with van der Waals surface area (Å²) in [6.07, 6.45) is 1.65. The predicted octanol–water partition coefficient (Wildman–Crippen LogP) is 2.08. The molecule has 2 aromatic rings. The first-order valence-electron chi connectivity index (χ1n) is 6.05. The quantitative estimate of drug-likeness (QED) is 0.790. The van der Waals surface area contributed by atoms with E-state index in [9.17, 15) is 4.79 Å². The SMILES string of the molecule is CCOC(=O)COc1cc(-c2ncccc2Cl)n(C)n1. The largest absolute Gasteiger partial charge is 0.465 e. The monoisotopic (exact) mass is 295 g/mol. The van der Waals surface area contributed by atoms with Crippen molar-refractivity contribution in [1.82, 2.24) is 14.8 Å². The Kier molecular flexibility index (Phi) is 4.57. The molecule has 20 heavy (non-hydrogen) atoms. The molecule has 106 valence electrons. The van der Waals surface area contributed by atoms with E-state index >= 15 is 0 Å². The minimum atomic E-state index is -0.435. The van der Waals surface area contributed by atoms with Gasteiger partial charge < -0.3 is 9.47 Å². The van der Waals surface area contributed by atoms with Crippen LogP contribution in [0.25, 0.3) is 11.4 Å². The second-order valence-electron chi connectivity index (χ2n) is 3.92. The Morgan fingerprint density at radius 1 is 1.50 bits per heavy atom. The van der Waals surface area contributed by atoms with E-state index in [0.717, 1.165) is 0 Å². The van der Waals surface area contributed by atoms with Gasteiger partial charge in [0, 0.05) is 19.3 Å². The topological polar surface area (TPSA) is 66.2 Å². The van der Waals surface area contributed by atoms with Crippen LogP contribution >= 0.6 is 11.6 Å². The highest BCUT2D eigenvalue weighted by Gasteiger charge is 2.13. The number of carbonyl (C=O) groups is 1. The van der Waals surface area contributed by atoms with Crippen molar-refractivity contribution < 1.29 is 14.3 Å². The average molecular weight is 296 g/mol. The Bertz CT molecular complexity index is 613. The fourth-order valence-electron chi connectivity index (χ4n) is 1.64. The number of pyridine rings is 1. The van der Waals surface area contributed by atoms with Gasteiger partial charge in [-0.15, -0.1) is 5.10 Å². The van der Waals surface area contributed by atoms with E-state index in [1.54, 1.807) is 43.0 Å². The Morgan fingerprint density at radius 3 is 3.00 bits per heavy atom. The second-order valence-corrected chi connectivity index (χ2v) is 4.33. The van der Waals surface area contributed by atoms with Crippen molar-refractivity contribution in [1.29, 1.82) is 0 Å². The van der Waals surface area contributed by atoms with Crippen molar-refractivity contribution >= 4 is 17.6 Å². The highest BCUT2D eigenvalue weighted by molar-refractivity contribution is 6.32. The normalized spacial score (nSPS) is 10.3. The van der Waals surface area contributed by atoms with Crippen LogP contribution in [0.2, 0.25) is 5.02 Å². The summed E-state index contributed by atoms with van der Waals surface area (Å²) in [6.45, 7) is 1.87. The van der Waals surface area contributed by atoms with Crippen LogP contribution in [0, 0.1) is 0 Å². The maximum Gasteiger partial charge on any atom is 0.344 e. The van der Waals surface area contributed by atoms with Crippen molar-refractivity contribution in [2.45, 2.75) is 6.92 Å². The maximum absolute atomic E-state index is 11.2. The number of aromatic nitrogens is 3. The first-order valence-corrected chi connectivity index (χ1v) is 6.43. The van der Waals surface area contributed by atoms with Gasteiger partial charge in [0.1, 0.15) is 5.69 Å². The summed E-state index contributed by atoms with van der Waals surface area (Å²) < 4.78 is 11.6. The third-order valence-electron chi connectivity index (χ3n) is 2.50. The Labute approximate surface area is 121 Å². The fraction of sp³-hybridized carbons (Fsp3) is 0.308. The number of aryl methyl sites for hydroxylation is 1. The molecule has 2 heterocycles. The number of rotatable bonds is 5. The molecule has 6 nitrogen and oxygen atoms in total. The molecular formula is C13H14ClN3O3. The fourth-order valence-corrected chi connectivity index (χ4v) is 1.86. The maximum atomic E-state index is 11.2. The first kappa shape index (κ1) is 14.3. The van der Waals surface area contributed by atoms with Gasteiger partial charge in [-0.1, -0.05) is 11.6 Å². The van der Waals surface area contributed by atoms with Gasteiger partial charge in [-0.05, 0) is 19.1 Å². The Morgan fingerprint density at radius 2 is 2.30 bits per heavy atom. The number of ether oxygens (including phenoxy) is 2. The second kappa shape index (κ2) is 6.38. The van der Waals surface area contributed by atoms with E-state index in [2.05, 4.69) is 10.1 Å². The molecule has 0 bridgehead atoms. The van der Waals surface area contributed by atoms with E-state index in [0.29, 0.717) is 28.9 Å². The summed E-state index contributed by atoms with van der Waals surface area (Å²) in [5, 5.41) is 4.67. The Hall–Kier alpha value is -2.08. The molecule has 0 spiro atoms. The van der Waals surface area contributed by atoms with E-state index in [4.69, 9.17) is 21.1 Å². The van der Waals surface area contributed by atoms with Gasteiger partial charge in [-0.3, -0.25) is 9.67 Å². The molecular weight excluding hydrogens is 282 g/mol. The molecule has 0 atom stereocenters. The highest BCUT2D eigenvalue weighted by Crippen LogP contribution is 2.27. The van der Waals surface area contributed by atoms with Gasteiger partial charge in [0.15, 0.2) is 6.61 Å². The lowest BCUT2D eigenvalue weighted by molar-refractivity contribution is -0.145. The summed E-state index contributed by atoms with van der Waals surface area (Å²) in [7, 11) is 1.75. The molecule has 0 aliphatic heterocycles. The standard InChI is InChI=1S/C13H14ClN3O3/c1-3-19-12(18)8-20-11-7-10(17(2)16-11)13-9(14)5-4-6-15-13/h4-7H,3,8H2,1-2H3. The Balaban J connectivity index is 2.14. The first-order chi connectivity index (χ1) is 9.61. The third-order valence-corrected chi connectivity index (χ3v) is 2.81. The zero-order valence-electron chi connectivity index (χ0n) is 11.2. The molecule has 0 amide bonds. The van der Waals surface area contributed by atoms with Crippen LogP contribution in [0.3, 0.4) is 0 Å². The van der Waals surface area contributed by atoms with Crippen LogP contribution in [-0.4, -0.2) is 33.9 Å². The van der Waals surface area contributed by atoms with Gasteiger partial charge in [-0.2, -0.15) is 0 Å². The van der Waals surface area contributed by atoms with Gasteiger partial charge in [0.25, 0.3) is 0 Å². The minimum Gasteiger partial charge on any atom is -0.465 e. The molecule has 0 unspecified atom stereocenters. The van der Waals surface area contributed by atoms with E-state index in [-0.39, 0.29) is 6.61 Å². The third kappa shape index (κ3) is 3.27. The lowest BCUT2D eigenvalue weighted by Gasteiger charge is -2.01. The van der Waals surface area contributed by atoms with Crippen molar-refractivity contribution in [2.24, 2.45) is 7.05 Å². The van der Waals surface area contributed by atoms with Crippen molar-refractivity contribution in [3.63, 3.8) is 0 Å². The summed E-state index contributed by atoms with van der Waals surface area (Å²) >= 11 is 6.09. The van der Waals surface area contributed by atoms with Gasteiger partial charge in [0.05, 0.1) is 17.3 Å². The van der Waals surface area contributed by atoms with Gasteiger partial charge in [0.2, 0.25) is 5.88 Å². The molecule has 0 aliphatic carbocycles. The van der Waals surface area contributed by atoms with Crippen LogP contribution < -0.4 is 4.74 Å². The molecule has 0 radical (unpaired) electrons. The molecule has 2 rings (SSSR count). The number of hydrogen-bond acceptors (Lipinski definition) is 5. The molecule has 0 N–H and O–H groups in total. The molecule has 0 aromatic carbocycles. The number of nitrogens with zero attached hydrogens (tertiary/aromatic N) is 3. The average Bonchev–Trinajstić information content (AvgIpc) is 2.79. The van der Waals surface area contributed by atoms with Crippen LogP contribution in [0.15, 0.2) is 24.4 Å². The van der Waals surface area contributed by atoms with Crippen LogP contribution in [0.4, 0.5) is 0 Å². The van der Waals surface area contributed by atoms with E-state index in [1.807, 2.05) is 0 Å². The molecule has 0 saturated carbocycles. The number of hydrogen-bond donors (Lipinski definition) is 0. The molecule has 0 fully saturated rings. The number of halogens is 1. The van der Waals surface area contributed by atoms with Crippen LogP contribution in [0.1, 0.15) is 6.92 Å². The van der Waals surface area contributed by atoms with Crippen molar-refractivity contribution in [2.75, 3.05) is 13.2 Å². The predicted molar refractivity (Wildman–Crippen MR) is 73.6 cm³/mol. The number of esters is 1. The smallest absolute Gasteiger partial charge is 0.344 e. The van der Waals surface area contributed by atoms with Gasteiger partial charge >= 0.3 is 5.97 Å². The van der Waals surface area contributed by atoms with E-state index < -0.39 is 5.97 Å². The van der Waals surface area contributed by atoms with Crippen LogP contribution in [0.5, 0.6) is 5.88 Å². The van der Waals surface area contributed by atoms with Gasteiger partial charge in [-0.25, -0.2) is 4.79 Å². The summed E-state index contributed by atoms with van der Waals surface area (Å²) in [4.78, 5) is 15.4. The molecule has 7 heteroatoms. The lowest BCUT2D eigenvalue weighted by atomic mass is 10.2. The zero-order valence-corrected chi connectivity index (χ0v) is 11.9. The number of carbonyl (C=O) groups excluding carboxylic acids is 1. The van der Waals surface area contributed by atoms with Crippen LogP contribution in [-0.2, 0) is 16.6 Å². The minimum absolute atomic E-state index is 0.180. The molecule has 2 aromatic heterocycles. The van der Waals surface area contributed by atoms with E-state index in [1.165, 1.54) is 0 Å². The molecule has 0 saturated heterocycles. The van der Waals surface area contributed by atoms with Crippen molar-refractivity contribution in [3.05, 3.63) is 29.4 Å². The summed E-state index contributed by atoms with van der Waals surface area (Å²) in [5.74, 6) is -0.118. The molecule has 0 aliphatic rings. The van der Waals surface area contributed by atoms with Crippen molar-refractivity contribution in [3.8, 4) is 17.3 Å². The zero-order chi connectivity index (χ0) is 14.5.